The van der Waals surface area contributed by atoms with Crippen LogP contribution < -0.4 is 4.74 Å². The molecular formula is C22H25N5O2. The molecule has 150 valence electrons. The summed E-state index contributed by atoms with van der Waals surface area (Å²) in [4.78, 5) is 21.1. The molecule has 1 fully saturated rings. The number of rotatable bonds is 5. The Morgan fingerprint density at radius 2 is 1.93 bits per heavy atom. The molecule has 0 atom stereocenters. The third-order valence-corrected chi connectivity index (χ3v) is 5.13. The first-order valence-electron chi connectivity index (χ1n) is 9.84. The van der Waals surface area contributed by atoms with E-state index >= 15 is 0 Å². The van der Waals surface area contributed by atoms with Gasteiger partial charge in [0, 0.05) is 50.7 Å². The molecule has 0 N–H and O–H groups in total. The zero-order valence-electron chi connectivity index (χ0n) is 16.6. The van der Waals surface area contributed by atoms with E-state index in [9.17, 15) is 4.79 Å². The normalized spacial score (nSPS) is 15.1. The third kappa shape index (κ3) is 4.46. The lowest BCUT2D eigenvalue weighted by molar-refractivity contribution is 0.0755. The number of aromatic nitrogens is 3. The average Bonchev–Trinajstić information content (AvgIpc) is 3.11. The smallest absolute Gasteiger partial charge is 0.272 e. The fraction of sp³-hybridized carbons (Fsp3) is 0.318. The van der Waals surface area contributed by atoms with Gasteiger partial charge in [-0.25, -0.2) is 4.68 Å². The van der Waals surface area contributed by atoms with Crippen LogP contribution in [0.3, 0.4) is 0 Å². The van der Waals surface area contributed by atoms with Gasteiger partial charge in [-0.15, -0.1) is 0 Å². The van der Waals surface area contributed by atoms with Crippen molar-refractivity contribution in [1.29, 1.82) is 0 Å². The van der Waals surface area contributed by atoms with Crippen molar-refractivity contribution < 1.29 is 9.53 Å². The average molecular weight is 391 g/mol. The molecule has 3 aromatic rings. The van der Waals surface area contributed by atoms with E-state index in [2.05, 4.69) is 15.0 Å². The third-order valence-electron chi connectivity index (χ3n) is 5.13. The molecular weight excluding hydrogens is 366 g/mol. The molecule has 29 heavy (non-hydrogen) atoms. The number of amides is 1. The summed E-state index contributed by atoms with van der Waals surface area (Å²) in [5.74, 6) is 0.803. The van der Waals surface area contributed by atoms with Crippen molar-refractivity contribution in [3.05, 3.63) is 72.3 Å². The number of carbonyl (C=O) groups excluding carboxylic acids is 1. The van der Waals surface area contributed by atoms with Crippen LogP contribution in [0.25, 0.3) is 5.69 Å². The van der Waals surface area contributed by atoms with Crippen LogP contribution in [0.5, 0.6) is 5.75 Å². The van der Waals surface area contributed by atoms with Crippen molar-refractivity contribution in [2.75, 3.05) is 33.3 Å². The fourth-order valence-electron chi connectivity index (χ4n) is 3.63. The number of pyridine rings is 1. The maximum absolute atomic E-state index is 12.7. The molecule has 1 aliphatic rings. The summed E-state index contributed by atoms with van der Waals surface area (Å²) in [6.45, 7) is 4.05. The first-order valence-corrected chi connectivity index (χ1v) is 9.84. The largest absolute Gasteiger partial charge is 0.494 e. The van der Waals surface area contributed by atoms with Crippen molar-refractivity contribution >= 4 is 5.91 Å². The van der Waals surface area contributed by atoms with Crippen LogP contribution in [0.4, 0.5) is 0 Å². The van der Waals surface area contributed by atoms with Gasteiger partial charge < -0.3 is 9.64 Å². The standard InChI is InChI=1S/C22H25N5O2/c1-29-21-9-3-2-8-20(21)27-17-18(15-24-27)16-25-11-6-12-26(14-13-25)22(28)19-7-4-5-10-23-19/h2-5,7-10,15,17H,6,11-14,16H2,1H3. The molecule has 7 heteroatoms. The predicted octanol–water partition coefficient (Wildman–Crippen LogP) is 2.62. The molecule has 0 bridgehead atoms. The Kier molecular flexibility index (Phi) is 5.86. The number of benzene rings is 1. The molecule has 1 amide bonds. The molecule has 1 saturated heterocycles. The lowest BCUT2D eigenvalue weighted by Gasteiger charge is -2.21. The number of carbonyl (C=O) groups is 1. The summed E-state index contributed by atoms with van der Waals surface area (Å²) in [6, 6.07) is 13.3. The predicted molar refractivity (Wildman–Crippen MR) is 110 cm³/mol. The van der Waals surface area contributed by atoms with Crippen molar-refractivity contribution in [3.63, 3.8) is 0 Å². The highest BCUT2D eigenvalue weighted by Gasteiger charge is 2.21. The summed E-state index contributed by atoms with van der Waals surface area (Å²) in [5.41, 5.74) is 2.57. The lowest BCUT2D eigenvalue weighted by Crippen LogP contribution is -2.35. The minimum Gasteiger partial charge on any atom is -0.494 e. The van der Waals surface area contributed by atoms with E-state index in [0.29, 0.717) is 12.2 Å². The van der Waals surface area contributed by atoms with Gasteiger partial charge in [-0.05, 0) is 30.7 Å². The van der Waals surface area contributed by atoms with E-state index in [1.54, 1.807) is 19.4 Å². The van der Waals surface area contributed by atoms with Crippen molar-refractivity contribution in [2.45, 2.75) is 13.0 Å². The van der Waals surface area contributed by atoms with Crippen LogP contribution in [0, 0.1) is 0 Å². The van der Waals surface area contributed by atoms with Gasteiger partial charge in [-0.2, -0.15) is 5.10 Å². The van der Waals surface area contributed by atoms with Crippen LogP contribution >= 0.6 is 0 Å². The SMILES string of the molecule is COc1ccccc1-n1cc(CN2CCCN(C(=O)c3ccccn3)CC2)cn1. The second kappa shape index (κ2) is 8.87. The van der Waals surface area contributed by atoms with Crippen molar-refractivity contribution in [3.8, 4) is 11.4 Å². The highest BCUT2D eigenvalue weighted by molar-refractivity contribution is 5.92. The Hall–Kier alpha value is -3.19. The molecule has 0 unspecified atom stereocenters. The summed E-state index contributed by atoms with van der Waals surface area (Å²) in [5, 5.41) is 4.50. The molecule has 0 spiro atoms. The highest BCUT2D eigenvalue weighted by atomic mass is 16.5. The second-order valence-electron chi connectivity index (χ2n) is 7.10. The Labute approximate surface area is 170 Å². The van der Waals surface area contributed by atoms with Crippen LogP contribution in [-0.4, -0.2) is 63.8 Å². The van der Waals surface area contributed by atoms with Gasteiger partial charge in [0.2, 0.25) is 0 Å². The number of hydrogen-bond donors (Lipinski definition) is 0. The Bertz CT molecular complexity index is 957. The molecule has 0 saturated carbocycles. The maximum atomic E-state index is 12.7. The molecule has 2 aromatic heterocycles. The monoisotopic (exact) mass is 391 g/mol. The van der Waals surface area contributed by atoms with E-state index in [-0.39, 0.29) is 5.91 Å². The minimum atomic E-state index is 0.0106. The van der Waals surface area contributed by atoms with E-state index in [4.69, 9.17) is 4.74 Å². The van der Waals surface area contributed by atoms with E-state index in [0.717, 1.165) is 49.6 Å². The molecule has 0 aliphatic carbocycles. The van der Waals surface area contributed by atoms with Crippen LogP contribution in [0.1, 0.15) is 22.5 Å². The Morgan fingerprint density at radius 1 is 1.07 bits per heavy atom. The molecule has 7 nitrogen and oxygen atoms in total. The summed E-state index contributed by atoms with van der Waals surface area (Å²) in [6.07, 6.45) is 6.55. The molecule has 1 aliphatic heterocycles. The molecule has 1 aromatic carbocycles. The maximum Gasteiger partial charge on any atom is 0.272 e. The lowest BCUT2D eigenvalue weighted by atomic mass is 10.3. The summed E-state index contributed by atoms with van der Waals surface area (Å²) in [7, 11) is 1.67. The summed E-state index contributed by atoms with van der Waals surface area (Å²) >= 11 is 0. The van der Waals surface area contributed by atoms with E-state index < -0.39 is 0 Å². The second-order valence-corrected chi connectivity index (χ2v) is 7.10. The zero-order valence-corrected chi connectivity index (χ0v) is 16.6. The first kappa shape index (κ1) is 19.1. The first-order chi connectivity index (χ1) is 14.2. The molecule has 3 heterocycles. The Morgan fingerprint density at radius 3 is 2.76 bits per heavy atom. The van der Waals surface area contributed by atoms with Gasteiger partial charge in [0.1, 0.15) is 17.1 Å². The number of methoxy groups -OCH3 is 1. The number of ether oxygens (including phenoxy) is 1. The molecule has 0 radical (unpaired) electrons. The zero-order chi connectivity index (χ0) is 20.1. The van der Waals surface area contributed by atoms with E-state index in [1.165, 1.54) is 0 Å². The number of hydrogen-bond acceptors (Lipinski definition) is 5. The topological polar surface area (TPSA) is 63.5 Å². The van der Waals surface area contributed by atoms with Crippen LogP contribution in [0.2, 0.25) is 0 Å². The molecule has 4 rings (SSSR count). The van der Waals surface area contributed by atoms with Gasteiger partial charge in [0.05, 0.1) is 13.3 Å². The quantitative estimate of drug-likeness (QED) is 0.669. The summed E-state index contributed by atoms with van der Waals surface area (Å²) < 4.78 is 7.28. The minimum absolute atomic E-state index is 0.0106. The van der Waals surface area contributed by atoms with Crippen molar-refractivity contribution in [1.82, 2.24) is 24.6 Å². The Balaban J connectivity index is 1.39. The van der Waals surface area contributed by atoms with Crippen LogP contribution in [0.15, 0.2) is 61.1 Å². The van der Waals surface area contributed by atoms with Gasteiger partial charge in [0.15, 0.2) is 0 Å². The van der Waals surface area contributed by atoms with Crippen molar-refractivity contribution in [2.24, 2.45) is 0 Å². The number of para-hydroxylation sites is 2. The highest BCUT2D eigenvalue weighted by Crippen LogP contribution is 2.22. The fourth-order valence-corrected chi connectivity index (χ4v) is 3.63. The van der Waals surface area contributed by atoms with Gasteiger partial charge in [0.25, 0.3) is 5.91 Å². The van der Waals surface area contributed by atoms with Gasteiger partial charge in [-0.3, -0.25) is 14.7 Å². The number of nitrogens with zero attached hydrogens (tertiary/aromatic N) is 5. The van der Waals surface area contributed by atoms with Crippen LogP contribution in [-0.2, 0) is 6.54 Å². The van der Waals surface area contributed by atoms with Gasteiger partial charge >= 0.3 is 0 Å². The van der Waals surface area contributed by atoms with Gasteiger partial charge in [-0.1, -0.05) is 18.2 Å². The van der Waals surface area contributed by atoms with E-state index in [1.807, 2.05) is 58.4 Å².